The number of hydrogen-bond donors (Lipinski definition) is 1. The molecule has 4 atom stereocenters. The van der Waals surface area contributed by atoms with E-state index in [0.29, 0.717) is 0 Å². The van der Waals surface area contributed by atoms with Crippen molar-refractivity contribution < 1.29 is 49.4 Å². The van der Waals surface area contributed by atoms with E-state index in [-0.39, 0.29) is 30.0 Å². The molecule has 4 rings (SSSR count). The summed E-state index contributed by atoms with van der Waals surface area (Å²) in [5, 5.41) is 1.71. The monoisotopic (exact) mass is 591 g/mol. The van der Waals surface area contributed by atoms with E-state index in [4.69, 9.17) is 9.47 Å². The Morgan fingerprint density at radius 2 is 1.85 bits per heavy atom. The Labute approximate surface area is 226 Å². The summed E-state index contributed by atoms with van der Waals surface area (Å²) in [4.78, 5) is 31.3. The Morgan fingerprint density at radius 1 is 1.20 bits per heavy atom. The number of methoxy groups -OCH3 is 1. The van der Waals surface area contributed by atoms with Gasteiger partial charge >= 0.3 is 6.18 Å². The van der Waals surface area contributed by atoms with Crippen LogP contribution in [0.4, 0.5) is 27.6 Å². The second-order valence-corrected chi connectivity index (χ2v) is 12.3. The average Bonchev–Trinajstić information content (AvgIpc) is 3.11. The Hall–Kier alpha value is -3.33. The number of sulfone groups is 1. The quantitative estimate of drug-likeness (QED) is 0.513. The van der Waals surface area contributed by atoms with Gasteiger partial charge < -0.3 is 19.7 Å². The van der Waals surface area contributed by atoms with Gasteiger partial charge in [-0.25, -0.2) is 12.8 Å². The molecule has 0 unspecified atom stereocenters. The number of alkyl halides is 3. The van der Waals surface area contributed by atoms with Crippen molar-refractivity contribution in [1.82, 2.24) is 9.88 Å². The lowest BCUT2D eigenvalue weighted by Gasteiger charge is -2.37. The molecule has 9 nitrogen and oxygen atoms in total. The molecule has 1 N–H and O–H groups in total. The molecule has 1 aromatic heterocycles. The summed E-state index contributed by atoms with van der Waals surface area (Å²) in [6.07, 6.45) is -4.50. The zero-order chi connectivity index (χ0) is 29.8. The number of anilines is 1. The normalized spacial score (nSPS) is 25.4. The number of nitrogens with zero attached hydrogens (tertiary/aromatic N) is 2. The number of carbonyl (C=O) groups is 2. The summed E-state index contributed by atoms with van der Waals surface area (Å²) >= 11 is 0. The summed E-state index contributed by atoms with van der Waals surface area (Å²) in [5.74, 6) is -7.85. The summed E-state index contributed by atoms with van der Waals surface area (Å²) in [6.45, 7) is 1.89. The van der Waals surface area contributed by atoms with Crippen LogP contribution >= 0.6 is 0 Å². The Kier molecular flexibility index (Phi) is 7.60. The van der Waals surface area contributed by atoms with E-state index in [1.165, 1.54) is 30.2 Å². The fourth-order valence-electron chi connectivity index (χ4n) is 4.92. The average molecular weight is 592 g/mol. The second-order valence-electron chi connectivity index (χ2n) is 10.0. The summed E-state index contributed by atoms with van der Waals surface area (Å²) < 4.78 is 104. The highest BCUT2D eigenvalue weighted by Gasteiger charge is 2.66. The van der Waals surface area contributed by atoms with Gasteiger partial charge in [-0.3, -0.25) is 14.6 Å². The minimum atomic E-state index is -4.93. The van der Waals surface area contributed by atoms with Crippen molar-refractivity contribution in [2.24, 2.45) is 5.92 Å². The zero-order valence-corrected chi connectivity index (χ0v) is 22.6. The molecule has 2 amide bonds. The number of aromatic nitrogens is 1. The number of pyridine rings is 1. The molecule has 15 heteroatoms. The van der Waals surface area contributed by atoms with Gasteiger partial charge in [0.05, 0.1) is 12.4 Å². The van der Waals surface area contributed by atoms with E-state index < -0.39 is 74.0 Å². The Balaban J connectivity index is 1.63. The predicted molar refractivity (Wildman–Crippen MR) is 132 cm³/mol. The molecular formula is C25H26F5N3O6S. The van der Waals surface area contributed by atoms with E-state index in [1.54, 1.807) is 0 Å². The van der Waals surface area contributed by atoms with Gasteiger partial charge in [-0.15, -0.1) is 0 Å². The van der Waals surface area contributed by atoms with Gasteiger partial charge in [-0.2, -0.15) is 17.6 Å². The molecule has 2 aliphatic heterocycles. The number of rotatable bonds is 6. The van der Waals surface area contributed by atoms with Crippen LogP contribution in [0.25, 0.3) is 0 Å². The van der Waals surface area contributed by atoms with Crippen LogP contribution in [0.2, 0.25) is 0 Å². The topological polar surface area (TPSA) is 115 Å². The first-order valence-electron chi connectivity index (χ1n) is 12.0. The van der Waals surface area contributed by atoms with E-state index in [1.807, 2.05) is 0 Å². The lowest BCUT2D eigenvalue weighted by atomic mass is 9.77. The number of benzene rings is 1. The molecule has 0 radical (unpaired) electrons. The van der Waals surface area contributed by atoms with Crippen molar-refractivity contribution in [3.05, 3.63) is 53.4 Å². The standard InChI is InChI=1S/C25H26F5N3O6S/c1-12-18(15-5-6-16(26)19(27)20(15)38-3)21(39-24(12,2)25(28,29)30)22(34)32-13-7-8-31-17(9-13)23(35)33-10-14(11-33)40(4,36)37/h5-9,12,14,18,21H,10-11H2,1-4H3,(H,31,32,34)/t12-,18-,21+,24+/m0/s1. The summed E-state index contributed by atoms with van der Waals surface area (Å²) in [5.41, 5.74) is -3.16. The van der Waals surface area contributed by atoms with Crippen LogP contribution in [-0.2, 0) is 19.4 Å². The van der Waals surface area contributed by atoms with E-state index in [2.05, 4.69) is 10.3 Å². The molecule has 2 saturated heterocycles. The number of ether oxygens (including phenoxy) is 2. The number of amides is 2. The third-order valence-electron chi connectivity index (χ3n) is 7.56. The summed E-state index contributed by atoms with van der Waals surface area (Å²) in [6, 6.07) is 4.24. The number of carbonyl (C=O) groups excluding carboxylic acids is 2. The van der Waals surface area contributed by atoms with Crippen LogP contribution < -0.4 is 10.1 Å². The molecule has 40 heavy (non-hydrogen) atoms. The molecule has 1 aromatic carbocycles. The fraction of sp³-hybridized carbons (Fsp3) is 0.480. The van der Waals surface area contributed by atoms with Crippen LogP contribution in [0, 0.1) is 17.6 Å². The lowest BCUT2D eigenvalue weighted by Crippen LogP contribution is -2.56. The minimum absolute atomic E-state index is 0.00333. The van der Waals surface area contributed by atoms with Crippen molar-refractivity contribution >= 4 is 27.3 Å². The van der Waals surface area contributed by atoms with Crippen molar-refractivity contribution in [2.45, 2.75) is 42.9 Å². The number of hydrogen-bond acceptors (Lipinski definition) is 7. The van der Waals surface area contributed by atoms with Crippen LogP contribution in [0.15, 0.2) is 30.5 Å². The fourth-order valence-corrected chi connectivity index (χ4v) is 5.82. The molecule has 0 spiro atoms. The number of nitrogens with one attached hydrogen (secondary N) is 1. The highest BCUT2D eigenvalue weighted by atomic mass is 32.2. The predicted octanol–water partition coefficient (Wildman–Crippen LogP) is 3.32. The third-order valence-corrected chi connectivity index (χ3v) is 9.07. The van der Waals surface area contributed by atoms with E-state index in [9.17, 15) is 40.0 Å². The largest absolute Gasteiger partial charge is 0.493 e. The van der Waals surface area contributed by atoms with Gasteiger partial charge in [0.15, 0.2) is 27.0 Å². The molecule has 0 aliphatic carbocycles. The van der Waals surface area contributed by atoms with Crippen molar-refractivity contribution in [3.63, 3.8) is 0 Å². The second kappa shape index (κ2) is 10.3. The zero-order valence-electron chi connectivity index (χ0n) is 21.8. The van der Waals surface area contributed by atoms with Gasteiger partial charge in [-0.05, 0) is 25.1 Å². The van der Waals surface area contributed by atoms with Gasteiger partial charge in [0, 0.05) is 48.6 Å². The highest BCUT2D eigenvalue weighted by molar-refractivity contribution is 7.91. The molecule has 218 valence electrons. The minimum Gasteiger partial charge on any atom is -0.493 e. The van der Waals surface area contributed by atoms with Crippen molar-refractivity contribution in [2.75, 3.05) is 31.8 Å². The SMILES string of the molecule is COc1c([C@H]2[C@H](C(=O)Nc3ccnc(C(=O)N4CC(S(C)(=O)=O)C4)c3)O[C@@](C)(C(F)(F)F)[C@H]2C)ccc(F)c1F. The smallest absolute Gasteiger partial charge is 0.417 e. The first-order valence-corrected chi connectivity index (χ1v) is 14.0. The third kappa shape index (κ3) is 5.11. The van der Waals surface area contributed by atoms with Crippen LogP contribution in [-0.4, -0.2) is 79.7 Å². The molecule has 2 aromatic rings. The lowest BCUT2D eigenvalue weighted by molar-refractivity contribution is -0.272. The molecular weight excluding hydrogens is 565 g/mol. The van der Waals surface area contributed by atoms with Gasteiger partial charge in [0.1, 0.15) is 11.8 Å². The number of halogens is 5. The van der Waals surface area contributed by atoms with Gasteiger partial charge in [-0.1, -0.05) is 13.0 Å². The highest BCUT2D eigenvalue weighted by Crippen LogP contribution is 2.55. The molecule has 0 bridgehead atoms. The molecule has 2 fully saturated rings. The van der Waals surface area contributed by atoms with Crippen LogP contribution in [0.5, 0.6) is 5.75 Å². The van der Waals surface area contributed by atoms with E-state index >= 15 is 0 Å². The van der Waals surface area contributed by atoms with Crippen LogP contribution in [0.3, 0.4) is 0 Å². The van der Waals surface area contributed by atoms with Crippen molar-refractivity contribution in [3.8, 4) is 5.75 Å². The number of likely N-dealkylation sites (tertiary alicyclic amines) is 1. The Morgan fingerprint density at radius 3 is 2.42 bits per heavy atom. The first-order chi connectivity index (χ1) is 18.5. The van der Waals surface area contributed by atoms with Gasteiger partial charge in [0.25, 0.3) is 11.8 Å². The molecule has 2 aliphatic rings. The molecule has 3 heterocycles. The summed E-state index contributed by atoms with van der Waals surface area (Å²) in [7, 11) is -2.31. The van der Waals surface area contributed by atoms with Crippen molar-refractivity contribution in [1.29, 1.82) is 0 Å². The maximum atomic E-state index is 14.5. The van der Waals surface area contributed by atoms with Crippen LogP contribution in [0.1, 0.15) is 35.8 Å². The maximum Gasteiger partial charge on any atom is 0.417 e. The maximum absolute atomic E-state index is 14.5. The van der Waals surface area contributed by atoms with Gasteiger partial charge in [0.2, 0.25) is 5.82 Å². The Bertz CT molecular complexity index is 1450. The first kappa shape index (κ1) is 29.6. The molecule has 0 saturated carbocycles. The van der Waals surface area contributed by atoms with E-state index in [0.717, 1.165) is 32.4 Å².